The zero-order chi connectivity index (χ0) is 20.8. The summed E-state index contributed by atoms with van der Waals surface area (Å²) in [6.07, 6.45) is 0.515. The summed E-state index contributed by atoms with van der Waals surface area (Å²) in [6, 6.07) is 21.5. The average Bonchev–Trinajstić information content (AvgIpc) is 3.22. The number of nitrogens with two attached hydrogens (primary N) is 1. The number of rotatable bonds is 8. The molecule has 0 aliphatic rings. The highest BCUT2D eigenvalue weighted by Gasteiger charge is 2.13. The molecule has 0 aliphatic heterocycles. The van der Waals surface area contributed by atoms with Crippen LogP contribution in [0.2, 0.25) is 0 Å². The van der Waals surface area contributed by atoms with E-state index in [1.807, 2.05) is 66.7 Å². The Hall–Kier alpha value is -3.71. The Morgan fingerprint density at radius 3 is 2.40 bits per heavy atom. The number of hydrogen-bond donors (Lipinski definition) is 1. The molecule has 0 aliphatic carbocycles. The minimum absolute atomic E-state index is 0.333. The van der Waals surface area contributed by atoms with Crippen LogP contribution in [0.1, 0.15) is 22.7 Å². The Morgan fingerprint density at radius 1 is 0.867 bits per heavy atom. The second kappa shape index (κ2) is 9.19. The molecule has 2 aromatic heterocycles. The van der Waals surface area contributed by atoms with Gasteiger partial charge in [-0.15, -0.1) is 10.2 Å². The first-order valence-electron chi connectivity index (χ1n) is 9.54. The summed E-state index contributed by atoms with van der Waals surface area (Å²) in [5.41, 5.74) is 9.55. The van der Waals surface area contributed by atoms with Crippen molar-refractivity contribution in [3.05, 3.63) is 89.4 Å². The average molecular weight is 402 g/mol. The molecule has 0 bridgehead atoms. The van der Waals surface area contributed by atoms with Crippen LogP contribution in [0.3, 0.4) is 0 Å². The highest BCUT2D eigenvalue weighted by molar-refractivity contribution is 5.66. The maximum atomic E-state index is 6.02. The van der Waals surface area contributed by atoms with E-state index in [9.17, 15) is 0 Å². The van der Waals surface area contributed by atoms with Gasteiger partial charge in [-0.3, -0.25) is 0 Å². The van der Waals surface area contributed by atoms with Gasteiger partial charge in [0.1, 0.15) is 18.2 Å². The van der Waals surface area contributed by atoms with E-state index in [4.69, 9.17) is 19.6 Å². The van der Waals surface area contributed by atoms with E-state index < -0.39 is 0 Å². The van der Waals surface area contributed by atoms with Gasteiger partial charge < -0.3 is 19.6 Å². The molecular weight excluding hydrogens is 380 g/mol. The third kappa shape index (κ3) is 4.82. The first-order chi connectivity index (χ1) is 14.7. The van der Waals surface area contributed by atoms with E-state index in [1.165, 1.54) is 0 Å². The number of nitrogen functional groups attached to an aromatic ring is 1. The molecule has 7 heteroatoms. The summed E-state index contributed by atoms with van der Waals surface area (Å²) in [5.74, 6) is 1.99. The van der Waals surface area contributed by atoms with Crippen molar-refractivity contribution < 1.29 is 13.9 Å². The van der Waals surface area contributed by atoms with E-state index in [1.54, 1.807) is 7.11 Å². The fourth-order valence-corrected chi connectivity index (χ4v) is 2.98. The lowest BCUT2D eigenvalue weighted by molar-refractivity contribution is 0.181. The number of benzene rings is 2. The Morgan fingerprint density at radius 2 is 1.67 bits per heavy atom. The largest absolute Gasteiger partial charge is 0.489 e. The van der Waals surface area contributed by atoms with Crippen molar-refractivity contribution in [1.29, 1.82) is 0 Å². The minimum Gasteiger partial charge on any atom is -0.489 e. The molecule has 2 aromatic carbocycles. The molecule has 2 heterocycles. The second-order valence-electron chi connectivity index (χ2n) is 6.76. The Labute approximate surface area is 174 Å². The third-order valence-electron chi connectivity index (χ3n) is 4.50. The van der Waals surface area contributed by atoms with Gasteiger partial charge in [0.15, 0.2) is 0 Å². The highest BCUT2D eigenvalue weighted by atomic mass is 16.5. The standard InChI is InChI=1S/C23H22N4O3/c1-28-15-18-9-12-20(22(24)25-18)23-27-26-21(30-23)13-16-7-10-19(11-8-16)29-14-17-5-3-2-4-6-17/h2-12H,13-15H2,1H3,(H2,24,25). The van der Waals surface area contributed by atoms with Gasteiger partial charge >= 0.3 is 0 Å². The van der Waals surface area contributed by atoms with Gasteiger partial charge in [0, 0.05) is 7.11 Å². The van der Waals surface area contributed by atoms with E-state index in [-0.39, 0.29) is 0 Å². The monoisotopic (exact) mass is 402 g/mol. The highest BCUT2D eigenvalue weighted by Crippen LogP contribution is 2.24. The topological polar surface area (TPSA) is 96.3 Å². The van der Waals surface area contributed by atoms with Gasteiger partial charge in [0.05, 0.1) is 24.3 Å². The van der Waals surface area contributed by atoms with E-state index in [2.05, 4.69) is 15.2 Å². The van der Waals surface area contributed by atoms with Gasteiger partial charge in [-0.2, -0.15) is 0 Å². The first kappa shape index (κ1) is 19.6. The summed E-state index contributed by atoms with van der Waals surface area (Å²) < 4.78 is 16.7. The van der Waals surface area contributed by atoms with Gasteiger partial charge in [0.2, 0.25) is 5.89 Å². The van der Waals surface area contributed by atoms with Crippen molar-refractivity contribution in [2.45, 2.75) is 19.6 Å². The van der Waals surface area contributed by atoms with E-state index in [0.29, 0.717) is 42.8 Å². The van der Waals surface area contributed by atoms with Crippen molar-refractivity contribution in [2.24, 2.45) is 0 Å². The van der Waals surface area contributed by atoms with Crippen molar-refractivity contribution >= 4 is 5.82 Å². The summed E-state index contributed by atoms with van der Waals surface area (Å²) in [4.78, 5) is 4.29. The lowest BCUT2D eigenvalue weighted by Crippen LogP contribution is -1.99. The van der Waals surface area contributed by atoms with Crippen LogP contribution in [-0.4, -0.2) is 22.3 Å². The molecule has 0 fully saturated rings. The second-order valence-corrected chi connectivity index (χ2v) is 6.76. The van der Waals surface area contributed by atoms with Crippen LogP contribution < -0.4 is 10.5 Å². The zero-order valence-electron chi connectivity index (χ0n) is 16.6. The molecule has 152 valence electrons. The first-order valence-corrected chi connectivity index (χ1v) is 9.54. The van der Waals surface area contributed by atoms with Crippen LogP contribution in [0.15, 0.2) is 71.1 Å². The molecule has 7 nitrogen and oxygen atoms in total. The van der Waals surface area contributed by atoms with Gasteiger partial charge in [-0.05, 0) is 35.4 Å². The Kier molecular flexibility index (Phi) is 6.01. The quantitative estimate of drug-likeness (QED) is 0.475. The summed E-state index contributed by atoms with van der Waals surface area (Å²) >= 11 is 0. The zero-order valence-corrected chi connectivity index (χ0v) is 16.6. The van der Waals surface area contributed by atoms with Crippen LogP contribution in [0.5, 0.6) is 5.75 Å². The summed E-state index contributed by atoms with van der Waals surface area (Å²) in [7, 11) is 1.61. The summed E-state index contributed by atoms with van der Waals surface area (Å²) in [6.45, 7) is 0.927. The van der Waals surface area contributed by atoms with Crippen LogP contribution in [-0.2, 0) is 24.4 Å². The van der Waals surface area contributed by atoms with Crippen molar-refractivity contribution in [3.8, 4) is 17.2 Å². The van der Waals surface area contributed by atoms with Gasteiger partial charge in [0.25, 0.3) is 5.89 Å². The number of nitrogens with zero attached hydrogens (tertiary/aromatic N) is 3. The van der Waals surface area contributed by atoms with Crippen LogP contribution in [0.4, 0.5) is 5.82 Å². The molecule has 0 saturated heterocycles. The number of ether oxygens (including phenoxy) is 2. The van der Waals surface area contributed by atoms with Crippen molar-refractivity contribution in [2.75, 3.05) is 12.8 Å². The molecule has 0 unspecified atom stereocenters. The normalized spacial score (nSPS) is 10.8. The van der Waals surface area contributed by atoms with Crippen LogP contribution in [0, 0.1) is 0 Å². The summed E-state index contributed by atoms with van der Waals surface area (Å²) in [5, 5.41) is 8.24. The molecule has 0 amide bonds. The van der Waals surface area contributed by atoms with Gasteiger partial charge in [-0.25, -0.2) is 4.98 Å². The predicted molar refractivity (Wildman–Crippen MR) is 113 cm³/mol. The molecule has 4 rings (SSSR count). The number of hydrogen-bond acceptors (Lipinski definition) is 7. The predicted octanol–water partition coefficient (Wildman–Crippen LogP) is 4.03. The lowest BCUT2D eigenvalue weighted by Gasteiger charge is -2.07. The maximum absolute atomic E-state index is 6.02. The fourth-order valence-electron chi connectivity index (χ4n) is 2.98. The smallest absolute Gasteiger partial charge is 0.251 e. The molecule has 0 saturated carbocycles. The van der Waals surface area contributed by atoms with E-state index >= 15 is 0 Å². The SMILES string of the molecule is COCc1ccc(-c2nnc(Cc3ccc(OCc4ccccc4)cc3)o2)c(N)n1. The molecule has 4 aromatic rings. The molecular formula is C23H22N4O3. The molecule has 30 heavy (non-hydrogen) atoms. The van der Waals surface area contributed by atoms with E-state index in [0.717, 1.165) is 22.6 Å². The fraction of sp³-hybridized carbons (Fsp3) is 0.174. The minimum atomic E-state index is 0.333. The van der Waals surface area contributed by atoms with Crippen molar-refractivity contribution in [3.63, 3.8) is 0 Å². The Balaban J connectivity index is 1.39. The lowest BCUT2D eigenvalue weighted by atomic mass is 10.1. The molecule has 0 atom stereocenters. The maximum Gasteiger partial charge on any atom is 0.251 e. The Bertz CT molecular complexity index is 1100. The van der Waals surface area contributed by atoms with Crippen LogP contribution in [0.25, 0.3) is 11.5 Å². The number of anilines is 1. The molecule has 0 spiro atoms. The van der Waals surface area contributed by atoms with Crippen molar-refractivity contribution in [1.82, 2.24) is 15.2 Å². The number of methoxy groups -OCH3 is 1. The molecule has 0 radical (unpaired) electrons. The third-order valence-corrected chi connectivity index (χ3v) is 4.50. The van der Waals surface area contributed by atoms with Gasteiger partial charge in [-0.1, -0.05) is 42.5 Å². The van der Waals surface area contributed by atoms with Crippen LogP contribution >= 0.6 is 0 Å². The molecule has 2 N–H and O–H groups in total. The number of pyridine rings is 1. The number of aromatic nitrogens is 3.